The van der Waals surface area contributed by atoms with E-state index in [2.05, 4.69) is 5.32 Å². The molecular formula is C11H11ClFNO3. The Hall–Kier alpha value is -1.62. The molecule has 0 aliphatic heterocycles. The van der Waals surface area contributed by atoms with Gasteiger partial charge in [0.1, 0.15) is 5.41 Å². The van der Waals surface area contributed by atoms with Crippen molar-refractivity contribution in [2.24, 2.45) is 5.41 Å². The van der Waals surface area contributed by atoms with Crippen molar-refractivity contribution in [2.45, 2.75) is 13.8 Å². The van der Waals surface area contributed by atoms with Crippen LogP contribution in [-0.2, 0) is 9.59 Å². The van der Waals surface area contributed by atoms with Gasteiger partial charge >= 0.3 is 5.97 Å². The van der Waals surface area contributed by atoms with Gasteiger partial charge in [0.15, 0.2) is 5.82 Å². The summed E-state index contributed by atoms with van der Waals surface area (Å²) in [4.78, 5) is 22.5. The smallest absolute Gasteiger partial charge is 0.318 e. The van der Waals surface area contributed by atoms with Crippen LogP contribution in [0.15, 0.2) is 18.2 Å². The summed E-state index contributed by atoms with van der Waals surface area (Å²) < 4.78 is 13.5. The van der Waals surface area contributed by atoms with Crippen molar-refractivity contribution in [1.82, 2.24) is 0 Å². The molecule has 0 saturated carbocycles. The second-order valence-corrected chi connectivity index (χ2v) is 4.39. The van der Waals surface area contributed by atoms with E-state index >= 15 is 0 Å². The number of hydrogen-bond acceptors (Lipinski definition) is 2. The average Bonchev–Trinajstić information content (AvgIpc) is 2.24. The molecule has 1 amide bonds. The summed E-state index contributed by atoms with van der Waals surface area (Å²) in [5.74, 6) is -2.90. The Morgan fingerprint density at radius 1 is 1.41 bits per heavy atom. The van der Waals surface area contributed by atoms with E-state index < -0.39 is 23.1 Å². The van der Waals surface area contributed by atoms with E-state index in [1.54, 1.807) is 0 Å². The van der Waals surface area contributed by atoms with E-state index in [1.165, 1.54) is 32.0 Å². The van der Waals surface area contributed by atoms with Crippen molar-refractivity contribution >= 4 is 29.2 Å². The van der Waals surface area contributed by atoms with E-state index in [0.717, 1.165) is 0 Å². The molecule has 0 radical (unpaired) electrons. The highest BCUT2D eigenvalue weighted by Crippen LogP contribution is 2.24. The topological polar surface area (TPSA) is 66.4 Å². The maximum atomic E-state index is 13.5. The maximum Gasteiger partial charge on any atom is 0.318 e. The van der Waals surface area contributed by atoms with E-state index in [9.17, 15) is 14.0 Å². The molecule has 0 heterocycles. The number of hydrogen-bond donors (Lipinski definition) is 2. The zero-order chi connectivity index (χ0) is 13.2. The molecule has 0 saturated heterocycles. The van der Waals surface area contributed by atoms with Crippen molar-refractivity contribution in [3.63, 3.8) is 0 Å². The van der Waals surface area contributed by atoms with Crippen molar-refractivity contribution in [2.75, 3.05) is 5.32 Å². The maximum absolute atomic E-state index is 13.5. The molecule has 0 unspecified atom stereocenters. The van der Waals surface area contributed by atoms with Crippen LogP contribution < -0.4 is 5.32 Å². The lowest BCUT2D eigenvalue weighted by molar-refractivity contribution is -0.151. The number of nitrogens with one attached hydrogen (secondary N) is 1. The largest absolute Gasteiger partial charge is 0.480 e. The summed E-state index contributed by atoms with van der Waals surface area (Å²) in [5.41, 5.74) is -1.79. The molecular weight excluding hydrogens is 249 g/mol. The Labute approximate surface area is 102 Å². The molecule has 4 nitrogen and oxygen atoms in total. The van der Waals surface area contributed by atoms with Crippen LogP contribution in [0.1, 0.15) is 13.8 Å². The molecule has 0 aromatic heterocycles. The number of carbonyl (C=O) groups is 2. The summed E-state index contributed by atoms with van der Waals surface area (Å²) in [6.45, 7) is 2.46. The van der Waals surface area contributed by atoms with Crippen molar-refractivity contribution in [3.05, 3.63) is 29.0 Å². The van der Waals surface area contributed by atoms with Crippen LogP contribution >= 0.6 is 11.6 Å². The first-order chi connectivity index (χ1) is 7.76. The Morgan fingerprint density at radius 2 is 2.00 bits per heavy atom. The van der Waals surface area contributed by atoms with Gasteiger partial charge in [0.2, 0.25) is 5.91 Å². The Balaban J connectivity index is 2.97. The van der Waals surface area contributed by atoms with Crippen molar-refractivity contribution in [3.8, 4) is 0 Å². The second kappa shape index (κ2) is 4.71. The van der Waals surface area contributed by atoms with Crippen molar-refractivity contribution < 1.29 is 19.1 Å². The molecule has 1 aromatic rings. The van der Waals surface area contributed by atoms with Gasteiger partial charge in [-0.15, -0.1) is 0 Å². The second-order valence-electron chi connectivity index (χ2n) is 3.99. The normalized spacial score (nSPS) is 11.1. The molecule has 1 aromatic carbocycles. The van der Waals surface area contributed by atoms with Crippen LogP contribution in [-0.4, -0.2) is 17.0 Å². The quantitative estimate of drug-likeness (QED) is 0.820. The summed E-state index contributed by atoms with van der Waals surface area (Å²) in [6, 6.07) is 4.08. The first kappa shape index (κ1) is 13.4. The van der Waals surface area contributed by atoms with Crippen molar-refractivity contribution in [1.29, 1.82) is 0 Å². The van der Waals surface area contributed by atoms with Gasteiger partial charge in [-0.1, -0.05) is 17.7 Å². The summed E-state index contributed by atoms with van der Waals surface area (Å²) in [5, 5.41) is 10.9. The number of rotatable bonds is 3. The van der Waals surface area contributed by atoms with E-state index in [1.807, 2.05) is 0 Å². The molecule has 0 aliphatic carbocycles. The van der Waals surface area contributed by atoms with Crippen LogP contribution in [0, 0.1) is 11.2 Å². The first-order valence-electron chi connectivity index (χ1n) is 4.75. The van der Waals surface area contributed by atoms with Crippen LogP contribution in [0.5, 0.6) is 0 Å². The van der Waals surface area contributed by atoms with Gasteiger partial charge in [-0.2, -0.15) is 0 Å². The van der Waals surface area contributed by atoms with Gasteiger partial charge in [0.25, 0.3) is 0 Å². The summed E-state index contributed by atoms with van der Waals surface area (Å²) >= 11 is 5.53. The van der Waals surface area contributed by atoms with E-state index in [-0.39, 0.29) is 10.7 Å². The lowest BCUT2D eigenvalue weighted by Crippen LogP contribution is -2.38. The minimum absolute atomic E-state index is 0.142. The van der Waals surface area contributed by atoms with E-state index in [4.69, 9.17) is 16.7 Å². The fraction of sp³-hybridized carbons (Fsp3) is 0.273. The SMILES string of the molecule is CC(C)(C(=O)O)C(=O)Nc1cccc(Cl)c1F. The molecule has 2 N–H and O–H groups in total. The number of amides is 1. The van der Waals surface area contributed by atoms with Gasteiger partial charge in [0.05, 0.1) is 10.7 Å². The molecule has 92 valence electrons. The molecule has 0 bridgehead atoms. The lowest BCUT2D eigenvalue weighted by atomic mass is 9.92. The molecule has 0 spiro atoms. The van der Waals surface area contributed by atoms with Crippen LogP contribution in [0.2, 0.25) is 5.02 Å². The number of carboxylic acids is 1. The Bertz CT molecular complexity index is 474. The third kappa shape index (κ3) is 2.74. The number of benzene rings is 1. The van der Waals surface area contributed by atoms with Gasteiger partial charge in [-0.05, 0) is 26.0 Å². The first-order valence-corrected chi connectivity index (χ1v) is 5.13. The number of carbonyl (C=O) groups excluding carboxylic acids is 1. The van der Waals surface area contributed by atoms with E-state index in [0.29, 0.717) is 0 Å². The third-order valence-corrected chi connectivity index (χ3v) is 2.59. The number of anilines is 1. The molecule has 0 fully saturated rings. The minimum atomic E-state index is -1.64. The molecule has 0 aliphatic rings. The number of aliphatic carboxylic acids is 1. The zero-order valence-electron chi connectivity index (χ0n) is 9.25. The Kier molecular flexibility index (Phi) is 3.72. The number of halogens is 2. The standard InChI is InChI=1S/C11H11ClFNO3/c1-11(2,10(16)17)9(15)14-7-5-3-4-6(12)8(7)13/h3-5H,1-2H3,(H,14,15)(H,16,17). The lowest BCUT2D eigenvalue weighted by Gasteiger charge is -2.18. The molecule has 0 atom stereocenters. The van der Waals surface area contributed by atoms with Crippen LogP contribution in [0.25, 0.3) is 0 Å². The number of carboxylic acid groups (broad SMARTS) is 1. The van der Waals surface area contributed by atoms with Gasteiger partial charge in [-0.3, -0.25) is 9.59 Å². The monoisotopic (exact) mass is 259 g/mol. The van der Waals surface area contributed by atoms with Crippen LogP contribution in [0.3, 0.4) is 0 Å². The molecule has 6 heteroatoms. The summed E-state index contributed by atoms with van der Waals surface area (Å²) in [7, 11) is 0. The van der Waals surface area contributed by atoms with Gasteiger partial charge in [-0.25, -0.2) is 4.39 Å². The minimum Gasteiger partial charge on any atom is -0.480 e. The predicted octanol–water partition coefficient (Wildman–Crippen LogP) is 2.53. The highest BCUT2D eigenvalue weighted by Gasteiger charge is 2.36. The molecule has 17 heavy (non-hydrogen) atoms. The highest BCUT2D eigenvalue weighted by molar-refractivity contribution is 6.31. The molecule has 1 rings (SSSR count). The fourth-order valence-corrected chi connectivity index (χ4v) is 1.15. The third-order valence-electron chi connectivity index (χ3n) is 2.30. The Morgan fingerprint density at radius 3 is 2.53 bits per heavy atom. The fourth-order valence-electron chi connectivity index (χ4n) is 0.976. The van der Waals surface area contributed by atoms with Crippen LogP contribution in [0.4, 0.5) is 10.1 Å². The van der Waals surface area contributed by atoms with Gasteiger partial charge in [0, 0.05) is 0 Å². The average molecular weight is 260 g/mol. The summed E-state index contributed by atoms with van der Waals surface area (Å²) in [6.07, 6.45) is 0. The zero-order valence-corrected chi connectivity index (χ0v) is 10.0. The predicted molar refractivity (Wildman–Crippen MR) is 61.5 cm³/mol. The highest BCUT2D eigenvalue weighted by atomic mass is 35.5. The van der Waals surface area contributed by atoms with Gasteiger partial charge < -0.3 is 10.4 Å².